The lowest BCUT2D eigenvalue weighted by molar-refractivity contribution is -0.384. The highest BCUT2D eigenvalue weighted by atomic mass is 16.6. The van der Waals surface area contributed by atoms with Crippen molar-refractivity contribution in [2.45, 2.75) is 13.3 Å². The minimum Gasteiger partial charge on any atom is -0.352 e. The summed E-state index contributed by atoms with van der Waals surface area (Å²) in [5, 5.41) is 22.8. The summed E-state index contributed by atoms with van der Waals surface area (Å²) in [5.41, 5.74) is 1.75. The van der Waals surface area contributed by atoms with Crippen LogP contribution in [0.3, 0.4) is 0 Å². The maximum absolute atomic E-state index is 12.4. The maximum atomic E-state index is 12.4. The summed E-state index contributed by atoms with van der Waals surface area (Å²) < 4.78 is 1.50. The van der Waals surface area contributed by atoms with Crippen LogP contribution in [0.4, 0.5) is 11.5 Å². The number of nitro benzene ring substituents is 1. The second-order valence-electron chi connectivity index (χ2n) is 7.47. The quantitative estimate of drug-likeness (QED) is 0.330. The number of fused-ring (bicyclic) bond motifs is 1. The number of aryl methyl sites for hydroxylation is 1. The van der Waals surface area contributed by atoms with E-state index in [-0.39, 0.29) is 30.5 Å². The number of nitrogens with one attached hydrogen (secondary N) is 2. The topological polar surface area (TPSA) is 119 Å². The number of benzene rings is 3. The smallest absolute Gasteiger partial charge is 0.269 e. The number of nitrogens with zero attached hydrogens (tertiary/aromatic N) is 3. The van der Waals surface area contributed by atoms with Crippen LogP contribution < -0.4 is 10.6 Å². The van der Waals surface area contributed by atoms with Crippen molar-refractivity contribution in [3.8, 4) is 5.69 Å². The number of carbonyl (C=O) groups is 2. The molecule has 9 heteroatoms. The predicted molar refractivity (Wildman–Crippen MR) is 124 cm³/mol. The minimum absolute atomic E-state index is 0.0321. The fourth-order valence-corrected chi connectivity index (χ4v) is 3.43. The molecule has 0 saturated carbocycles. The van der Waals surface area contributed by atoms with E-state index in [1.54, 1.807) is 31.2 Å². The number of amides is 2. The van der Waals surface area contributed by atoms with Gasteiger partial charge in [-0.1, -0.05) is 30.3 Å². The zero-order chi connectivity index (χ0) is 23.4. The number of nitro groups is 1. The molecular weight excluding hydrogens is 422 g/mol. The van der Waals surface area contributed by atoms with Crippen molar-refractivity contribution in [2.75, 3.05) is 11.9 Å². The molecule has 4 rings (SSSR count). The Morgan fingerprint density at radius 3 is 2.45 bits per heavy atom. The number of carbonyl (C=O) groups excluding carboxylic acids is 2. The average Bonchev–Trinajstić information content (AvgIpc) is 3.18. The summed E-state index contributed by atoms with van der Waals surface area (Å²) in [4.78, 5) is 35.3. The van der Waals surface area contributed by atoms with E-state index in [9.17, 15) is 19.7 Å². The second-order valence-corrected chi connectivity index (χ2v) is 7.47. The van der Waals surface area contributed by atoms with Crippen molar-refractivity contribution < 1.29 is 14.5 Å². The SMILES string of the molecule is Cc1cc(NC(=O)CCNC(=O)c2ccc3ccccc3c2)n(-c2ccc([N+](=O)[O-])cc2)n1. The minimum atomic E-state index is -0.479. The van der Waals surface area contributed by atoms with Gasteiger partial charge in [0, 0.05) is 36.7 Å². The molecule has 0 unspecified atom stereocenters. The highest BCUT2D eigenvalue weighted by Crippen LogP contribution is 2.20. The van der Waals surface area contributed by atoms with Crippen LogP contribution in [0.2, 0.25) is 0 Å². The van der Waals surface area contributed by atoms with Crippen LogP contribution in [0.25, 0.3) is 16.5 Å². The maximum Gasteiger partial charge on any atom is 0.269 e. The van der Waals surface area contributed by atoms with Crippen LogP contribution >= 0.6 is 0 Å². The molecule has 4 aromatic rings. The molecule has 0 atom stereocenters. The highest BCUT2D eigenvalue weighted by molar-refractivity contribution is 5.99. The van der Waals surface area contributed by atoms with E-state index < -0.39 is 4.92 Å². The van der Waals surface area contributed by atoms with E-state index in [0.29, 0.717) is 22.8 Å². The predicted octanol–water partition coefficient (Wildman–Crippen LogP) is 4.00. The molecule has 0 radical (unpaired) electrons. The van der Waals surface area contributed by atoms with E-state index in [4.69, 9.17) is 0 Å². The number of rotatable bonds is 7. The molecule has 166 valence electrons. The summed E-state index contributed by atoms with van der Waals surface area (Å²) in [6.45, 7) is 1.95. The van der Waals surface area contributed by atoms with Crippen molar-refractivity contribution in [1.82, 2.24) is 15.1 Å². The molecule has 0 aliphatic rings. The number of non-ortho nitro benzene ring substituents is 1. The molecule has 0 saturated heterocycles. The third kappa shape index (κ3) is 5.04. The van der Waals surface area contributed by atoms with Crippen LogP contribution in [-0.4, -0.2) is 33.1 Å². The number of anilines is 1. The first-order valence-electron chi connectivity index (χ1n) is 10.3. The van der Waals surface area contributed by atoms with E-state index in [1.165, 1.54) is 16.8 Å². The van der Waals surface area contributed by atoms with Gasteiger partial charge in [-0.15, -0.1) is 0 Å². The number of hydrogen-bond acceptors (Lipinski definition) is 5. The van der Waals surface area contributed by atoms with Gasteiger partial charge in [0.05, 0.1) is 16.3 Å². The molecule has 2 N–H and O–H groups in total. The second kappa shape index (κ2) is 9.31. The third-order valence-electron chi connectivity index (χ3n) is 5.05. The molecule has 33 heavy (non-hydrogen) atoms. The van der Waals surface area contributed by atoms with Crippen molar-refractivity contribution >= 4 is 34.1 Å². The zero-order valence-corrected chi connectivity index (χ0v) is 17.8. The van der Waals surface area contributed by atoms with Gasteiger partial charge in [-0.2, -0.15) is 5.10 Å². The zero-order valence-electron chi connectivity index (χ0n) is 17.8. The standard InChI is InChI=1S/C24H21N5O4/c1-16-14-22(28(27-16)20-8-10-21(11-9-20)29(32)33)26-23(30)12-13-25-24(31)19-7-6-17-4-2-3-5-18(17)15-19/h2-11,14-15H,12-13H2,1H3,(H,25,31)(H,26,30). The van der Waals surface area contributed by atoms with Crippen LogP contribution in [0.1, 0.15) is 22.5 Å². The Balaban J connectivity index is 1.36. The fourth-order valence-electron chi connectivity index (χ4n) is 3.43. The Kier molecular flexibility index (Phi) is 6.12. The van der Waals surface area contributed by atoms with Gasteiger partial charge < -0.3 is 10.6 Å². The van der Waals surface area contributed by atoms with Gasteiger partial charge in [-0.05, 0) is 42.0 Å². The Hall–Kier alpha value is -4.53. The summed E-state index contributed by atoms with van der Waals surface area (Å²) in [6.07, 6.45) is 0.0732. The largest absolute Gasteiger partial charge is 0.352 e. The molecule has 2 amide bonds. The molecule has 1 aromatic heterocycles. The van der Waals surface area contributed by atoms with Gasteiger partial charge in [-0.25, -0.2) is 4.68 Å². The van der Waals surface area contributed by atoms with Gasteiger partial charge in [-0.3, -0.25) is 19.7 Å². The molecule has 0 spiro atoms. The van der Waals surface area contributed by atoms with Gasteiger partial charge in [0.25, 0.3) is 11.6 Å². The summed E-state index contributed by atoms with van der Waals surface area (Å²) in [7, 11) is 0. The van der Waals surface area contributed by atoms with Crippen molar-refractivity contribution in [3.05, 3.63) is 94.2 Å². The Labute approximate surface area is 189 Å². The van der Waals surface area contributed by atoms with Crippen LogP contribution in [-0.2, 0) is 4.79 Å². The molecular formula is C24H21N5O4. The third-order valence-corrected chi connectivity index (χ3v) is 5.05. The monoisotopic (exact) mass is 443 g/mol. The fraction of sp³-hybridized carbons (Fsp3) is 0.125. The van der Waals surface area contributed by atoms with Gasteiger partial charge in [0.1, 0.15) is 5.82 Å². The first-order valence-corrected chi connectivity index (χ1v) is 10.3. The molecule has 9 nitrogen and oxygen atoms in total. The molecule has 0 bridgehead atoms. The Bertz CT molecular complexity index is 1340. The lowest BCUT2D eigenvalue weighted by atomic mass is 10.1. The molecule has 0 aliphatic carbocycles. The van der Waals surface area contributed by atoms with E-state index in [2.05, 4.69) is 15.7 Å². The Morgan fingerprint density at radius 2 is 1.73 bits per heavy atom. The number of hydrogen-bond donors (Lipinski definition) is 2. The molecule has 1 heterocycles. The van der Waals surface area contributed by atoms with Gasteiger partial charge in [0.2, 0.25) is 5.91 Å². The summed E-state index contributed by atoms with van der Waals surface area (Å²) in [5.74, 6) is -0.107. The van der Waals surface area contributed by atoms with E-state index in [1.807, 2.05) is 36.4 Å². The average molecular weight is 443 g/mol. The van der Waals surface area contributed by atoms with Crippen molar-refractivity contribution in [2.24, 2.45) is 0 Å². The molecule has 0 fully saturated rings. The van der Waals surface area contributed by atoms with Crippen LogP contribution in [0, 0.1) is 17.0 Å². The van der Waals surface area contributed by atoms with Crippen molar-refractivity contribution in [1.29, 1.82) is 0 Å². The summed E-state index contributed by atoms with van der Waals surface area (Å²) in [6, 6.07) is 20.8. The highest BCUT2D eigenvalue weighted by Gasteiger charge is 2.13. The van der Waals surface area contributed by atoms with E-state index >= 15 is 0 Å². The van der Waals surface area contributed by atoms with Gasteiger partial charge >= 0.3 is 0 Å². The van der Waals surface area contributed by atoms with Crippen LogP contribution in [0.15, 0.2) is 72.8 Å². The van der Waals surface area contributed by atoms with E-state index in [0.717, 1.165) is 10.8 Å². The lowest BCUT2D eigenvalue weighted by Crippen LogP contribution is -2.28. The van der Waals surface area contributed by atoms with Gasteiger partial charge in [0.15, 0.2) is 0 Å². The first-order chi connectivity index (χ1) is 15.9. The van der Waals surface area contributed by atoms with Crippen LogP contribution in [0.5, 0.6) is 0 Å². The van der Waals surface area contributed by atoms with Crippen molar-refractivity contribution in [3.63, 3.8) is 0 Å². The Morgan fingerprint density at radius 1 is 1.00 bits per heavy atom. The summed E-state index contributed by atoms with van der Waals surface area (Å²) >= 11 is 0. The number of aromatic nitrogens is 2. The molecule has 3 aromatic carbocycles. The normalized spacial score (nSPS) is 10.7. The lowest BCUT2D eigenvalue weighted by Gasteiger charge is -2.10. The molecule has 0 aliphatic heterocycles. The first kappa shape index (κ1) is 21.7.